The third kappa shape index (κ3) is 5.44. The smallest absolute Gasteiger partial charge is 0.251 e. The zero-order valence-electron chi connectivity index (χ0n) is 21.6. The summed E-state index contributed by atoms with van der Waals surface area (Å²) in [6, 6.07) is 16.1. The van der Waals surface area contributed by atoms with Crippen LogP contribution in [0.2, 0.25) is 0 Å². The minimum absolute atomic E-state index is 0.00938. The Balaban J connectivity index is 1.44. The highest BCUT2D eigenvalue weighted by atomic mass is 16.2. The van der Waals surface area contributed by atoms with Gasteiger partial charge in [-0.05, 0) is 76.9 Å². The molecule has 1 saturated heterocycles. The standard InChI is InChI=1S/C29H40N4O2/c1-21-11-10-12-22(2)26(21)31-28(35)29(32(3)4)17-19-33(20-18-29)25-16-9-8-15-24(25)30-27(34)23-13-6-5-7-14-23/h5-7,10-14,24-25H,8-9,15-20H2,1-4H3,(H,30,34)(H,31,35)/t24-,25-/m1/s1. The van der Waals surface area contributed by atoms with Crippen LogP contribution in [0.25, 0.3) is 0 Å². The summed E-state index contributed by atoms with van der Waals surface area (Å²) in [5.41, 5.74) is 3.28. The van der Waals surface area contributed by atoms with Crippen LogP contribution in [-0.4, -0.2) is 66.4 Å². The van der Waals surface area contributed by atoms with E-state index in [1.807, 2.05) is 76.5 Å². The van der Waals surface area contributed by atoms with Gasteiger partial charge in [0.1, 0.15) is 5.54 Å². The Labute approximate surface area is 210 Å². The molecule has 2 fully saturated rings. The Kier molecular flexibility index (Phi) is 7.92. The molecule has 2 aliphatic rings. The van der Waals surface area contributed by atoms with Crippen molar-refractivity contribution < 1.29 is 9.59 Å². The molecule has 2 amide bonds. The van der Waals surface area contributed by atoms with E-state index >= 15 is 0 Å². The third-order valence-electron chi connectivity index (χ3n) is 8.17. The highest BCUT2D eigenvalue weighted by molar-refractivity contribution is 5.99. The molecular weight excluding hydrogens is 436 g/mol. The van der Waals surface area contributed by atoms with Gasteiger partial charge in [-0.15, -0.1) is 0 Å². The number of para-hydroxylation sites is 1. The van der Waals surface area contributed by atoms with Crippen molar-refractivity contribution in [2.45, 2.75) is 70.0 Å². The second-order valence-corrected chi connectivity index (χ2v) is 10.5. The SMILES string of the molecule is Cc1cccc(C)c1NC(=O)C1(N(C)C)CCN([C@@H]2CCCC[C@H]2NC(=O)c2ccccc2)CC1. The lowest BCUT2D eigenvalue weighted by atomic mass is 9.82. The molecule has 6 nitrogen and oxygen atoms in total. The van der Waals surface area contributed by atoms with Gasteiger partial charge in [-0.25, -0.2) is 0 Å². The quantitative estimate of drug-likeness (QED) is 0.650. The van der Waals surface area contributed by atoms with Crippen LogP contribution in [0.15, 0.2) is 48.5 Å². The van der Waals surface area contributed by atoms with Crippen molar-refractivity contribution in [1.29, 1.82) is 0 Å². The van der Waals surface area contributed by atoms with Crippen molar-refractivity contribution in [2.75, 3.05) is 32.5 Å². The van der Waals surface area contributed by atoms with Gasteiger partial charge in [-0.2, -0.15) is 0 Å². The number of likely N-dealkylation sites (N-methyl/N-ethyl adjacent to an activating group) is 1. The molecule has 0 unspecified atom stereocenters. The predicted molar refractivity (Wildman–Crippen MR) is 142 cm³/mol. The van der Waals surface area contributed by atoms with Crippen molar-refractivity contribution in [3.05, 3.63) is 65.2 Å². The molecule has 2 aromatic rings. The molecule has 0 bridgehead atoms. The molecule has 4 rings (SSSR count). The van der Waals surface area contributed by atoms with Gasteiger partial charge in [0.15, 0.2) is 0 Å². The lowest BCUT2D eigenvalue weighted by Crippen LogP contribution is -2.63. The van der Waals surface area contributed by atoms with Gasteiger partial charge in [-0.1, -0.05) is 49.2 Å². The molecule has 2 aromatic carbocycles. The van der Waals surface area contributed by atoms with E-state index in [9.17, 15) is 9.59 Å². The van der Waals surface area contributed by atoms with E-state index in [1.54, 1.807) is 0 Å². The van der Waals surface area contributed by atoms with Crippen LogP contribution >= 0.6 is 0 Å². The number of hydrogen-bond acceptors (Lipinski definition) is 4. The molecule has 188 valence electrons. The highest BCUT2D eigenvalue weighted by Gasteiger charge is 2.45. The van der Waals surface area contributed by atoms with Crippen molar-refractivity contribution >= 4 is 17.5 Å². The molecule has 6 heteroatoms. The summed E-state index contributed by atoms with van der Waals surface area (Å²) in [5.74, 6) is 0.0900. The Hall–Kier alpha value is -2.70. The second-order valence-electron chi connectivity index (χ2n) is 10.5. The average Bonchev–Trinajstić information content (AvgIpc) is 2.87. The van der Waals surface area contributed by atoms with Gasteiger partial charge in [0.2, 0.25) is 5.91 Å². The van der Waals surface area contributed by atoms with Crippen LogP contribution in [0, 0.1) is 13.8 Å². The first-order valence-electron chi connectivity index (χ1n) is 13.0. The summed E-state index contributed by atoms with van der Waals surface area (Å²) in [5, 5.41) is 6.59. The summed E-state index contributed by atoms with van der Waals surface area (Å²) in [6.45, 7) is 5.78. The first kappa shape index (κ1) is 25.4. The normalized spacial score (nSPS) is 22.5. The van der Waals surface area contributed by atoms with Gasteiger partial charge in [-0.3, -0.25) is 19.4 Å². The van der Waals surface area contributed by atoms with E-state index in [2.05, 4.69) is 20.4 Å². The number of carbonyl (C=O) groups is 2. The van der Waals surface area contributed by atoms with Gasteiger partial charge < -0.3 is 10.6 Å². The third-order valence-corrected chi connectivity index (χ3v) is 8.17. The van der Waals surface area contributed by atoms with Crippen LogP contribution in [0.5, 0.6) is 0 Å². The number of aryl methyl sites for hydroxylation is 2. The monoisotopic (exact) mass is 476 g/mol. The second kappa shape index (κ2) is 10.9. The number of carbonyl (C=O) groups excluding carboxylic acids is 2. The molecule has 0 spiro atoms. The zero-order valence-corrected chi connectivity index (χ0v) is 21.6. The first-order valence-corrected chi connectivity index (χ1v) is 13.0. The summed E-state index contributed by atoms with van der Waals surface area (Å²) in [7, 11) is 4.03. The Bertz CT molecular complexity index is 1010. The number of likely N-dealkylation sites (tertiary alicyclic amines) is 1. The molecule has 35 heavy (non-hydrogen) atoms. The van der Waals surface area contributed by atoms with Gasteiger partial charge in [0, 0.05) is 36.4 Å². The molecule has 2 atom stereocenters. The molecule has 2 N–H and O–H groups in total. The summed E-state index contributed by atoms with van der Waals surface area (Å²) < 4.78 is 0. The largest absolute Gasteiger partial charge is 0.348 e. The molecule has 1 saturated carbocycles. The van der Waals surface area contributed by atoms with E-state index < -0.39 is 5.54 Å². The molecule has 1 aliphatic heterocycles. The lowest BCUT2D eigenvalue weighted by Gasteiger charge is -2.49. The van der Waals surface area contributed by atoms with Crippen LogP contribution in [0.4, 0.5) is 5.69 Å². The minimum Gasteiger partial charge on any atom is -0.348 e. The molecule has 0 radical (unpaired) electrons. The van der Waals surface area contributed by atoms with E-state index in [-0.39, 0.29) is 17.9 Å². The molecular formula is C29H40N4O2. The van der Waals surface area contributed by atoms with Crippen molar-refractivity contribution in [3.8, 4) is 0 Å². The number of nitrogens with one attached hydrogen (secondary N) is 2. The van der Waals surface area contributed by atoms with Crippen LogP contribution < -0.4 is 10.6 Å². The maximum atomic E-state index is 13.7. The van der Waals surface area contributed by atoms with Crippen molar-refractivity contribution in [2.24, 2.45) is 0 Å². The van der Waals surface area contributed by atoms with Crippen LogP contribution in [0.1, 0.15) is 60.0 Å². The Morgan fingerprint density at radius 2 is 1.54 bits per heavy atom. The average molecular weight is 477 g/mol. The minimum atomic E-state index is -0.539. The first-order chi connectivity index (χ1) is 16.8. The van der Waals surface area contributed by atoms with Gasteiger partial charge in [0.25, 0.3) is 5.91 Å². The highest BCUT2D eigenvalue weighted by Crippen LogP contribution is 2.34. The van der Waals surface area contributed by atoms with Crippen molar-refractivity contribution in [1.82, 2.24) is 15.1 Å². The van der Waals surface area contributed by atoms with E-state index in [1.165, 1.54) is 6.42 Å². The Morgan fingerprint density at radius 1 is 0.914 bits per heavy atom. The summed E-state index contributed by atoms with van der Waals surface area (Å²) in [6.07, 6.45) is 5.96. The van der Waals surface area contributed by atoms with Gasteiger partial charge in [0.05, 0.1) is 0 Å². The number of rotatable bonds is 6. The van der Waals surface area contributed by atoms with E-state index in [4.69, 9.17) is 0 Å². The fraction of sp³-hybridized carbons (Fsp3) is 0.517. The summed E-state index contributed by atoms with van der Waals surface area (Å²) in [4.78, 5) is 31.1. The topological polar surface area (TPSA) is 64.7 Å². The van der Waals surface area contributed by atoms with Crippen LogP contribution in [0.3, 0.4) is 0 Å². The fourth-order valence-corrected chi connectivity index (χ4v) is 5.90. The Morgan fingerprint density at radius 3 is 2.17 bits per heavy atom. The maximum Gasteiger partial charge on any atom is 0.251 e. The van der Waals surface area contributed by atoms with E-state index in [0.29, 0.717) is 11.6 Å². The predicted octanol–water partition coefficient (Wildman–Crippen LogP) is 4.38. The maximum absolute atomic E-state index is 13.7. The molecule has 1 heterocycles. The number of amides is 2. The zero-order chi connectivity index (χ0) is 25.0. The summed E-state index contributed by atoms with van der Waals surface area (Å²) >= 11 is 0. The number of benzene rings is 2. The molecule has 0 aromatic heterocycles. The number of hydrogen-bond donors (Lipinski definition) is 2. The van der Waals surface area contributed by atoms with Gasteiger partial charge >= 0.3 is 0 Å². The lowest BCUT2D eigenvalue weighted by molar-refractivity contribution is -0.130. The number of piperidine rings is 1. The van der Waals surface area contributed by atoms with Crippen molar-refractivity contribution in [3.63, 3.8) is 0 Å². The number of anilines is 1. The fourth-order valence-electron chi connectivity index (χ4n) is 5.90. The van der Waals surface area contributed by atoms with Crippen LogP contribution in [-0.2, 0) is 4.79 Å². The molecule has 1 aliphatic carbocycles. The number of nitrogens with zero attached hydrogens (tertiary/aromatic N) is 2. The van der Waals surface area contributed by atoms with E-state index in [0.717, 1.165) is 62.0 Å².